The molecule has 0 heterocycles. The van der Waals surface area contributed by atoms with E-state index in [0.717, 1.165) is 15.2 Å². The lowest BCUT2D eigenvalue weighted by Gasteiger charge is -2.25. The van der Waals surface area contributed by atoms with Crippen LogP contribution in [0.3, 0.4) is 0 Å². The van der Waals surface area contributed by atoms with E-state index in [4.69, 9.17) is 14.7 Å². The predicted octanol–water partition coefficient (Wildman–Crippen LogP) is 3.67. The van der Waals surface area contributed by atoms with Crippen molar-refractivity contribution in [2.45, 2.75) is 19.1 Å². The third-order valence-corrected chi connectivity index (χ3v) is 4.62. The number of hydrogen-bond donors (Lipinski definition) is 4. The molecule has 29 heavy (non-hydrogen) atoms. The van der Waals surface area contributed by atoms with Crippen LogP contribution in [0, 0.1) is 10.5 Å². The summed E-state index contributed by atoms with van der Waals surface area (Å²) in [5.41, 5.74) is 3.35. The lowest BCUT2D eigenvalue weighted by atomic mass is 10.0. The third kappa shape index (κ3) is 6.73. The Balaban J connectivity index is 2.31. The van der Waals surface area contributed by atoms with Crippen molar-refractivity contribution in [2.75, 3.05) is 12.4 Å². The Morgan fingerprint density at radius 3 is 2.48 bits per heavy atom. The number of aryl methyl sites for hydroxylation is 1. The Hall–Kier alpha value is -2.63. The van der Waals surface area contributed by atoms with Gasteiger partial charge in [0.25, 0.3) is 5.91 Å². The number of aromatic hydroxyl groups is 1. The van der Waals surface area contributed by atoms with Crippen molar-refractivity contribution in [1.29, 1.82) is 0 Å². The SMILES string of the molecule is CO[C@@H](/C=C/C(=O)NO)[C@@H](OC(=O)Nc1ccc(C)cc1)c1cc(I)ccc1O. The number of halogens is 1. The van der Waals surface area contributed by atoms with Gasteiger partial charge in [0.2, 0.25) is 0 Å². The molecule has 0 unspecified atom stereocenters. The number of hydroxylamine groups is 1. The summed E-state index contributed by atoms with van der Waals surface area (Å²) in [6.45, 7) is 1.93. The molecule has 8 nitrogen and oxygen atoms in total. The zero-order valence-electron chi connectivity index (χ0n) is 15.8. The van der Waals surface area contributed by atoms with Crippen LogP contribution in [0.15, 0.2) is 54.6 Å². The van der Waals surface area contributed by atoms with E-state index >= 15 is 0 Å². The molecular weight excluding hydrogens is 491 g/mol. The van der Waals surface area contributed by atoms with Gasteiger partial charge in [0, 0.05) is 28.0 Å². The number of ether oxygens (including phenoxy) is 2. The fourth-order valence-electron chi connectivity index (χ4n) is 2.48. The quantitative estimate of drug-likeness (QED) is 0.195. The molecule has 2 amide bonds. The standard InChI is InChI=1S/C20H21IN2O6/c1-12-3-6-14(7-4-12)22-20(26)29-19(15-11-13(21)5-8-16(15)24)17(28-2)9-10-18(25)23-27/h3-11,17,19,24,27H,1-2H3,(H,22,26)(H,23,25)/b10-9+/t17-,19-/m0/s1. The Bertz CT molecular complexity index is 885. The van der Waals surface area contributed by atoms with E-state index in [9.17, 15) is 14.7 Å². The normalized spacial score (nSPS) is 13.0. The number of phenolic OH excluding ortho intramolecular Hbond substituents is 1. The van der Waals surface area contributed by atoms with Crippen molar-refractivity contribution in [3.63, 3.8) is 0 Å². The maximum absolute atomic E-state index is 12.5. The molecule has 2 rings (SSSR count). The molecule has 0 saturated carbocycles. The Morgan fingerprint density at radius 2 is 1.86 bits per heavy atom. The summed E-state index contributed by atoms with van der Waals surface area (Å²) in [7, 11) is 1.37. The van der Waals surface area contributed by atoms with Gasteiger partial charge in [-0.2, -0.15) is 0 Å². The summed E-state index contributed by atoms with van der Waals surface area (Å²) >= 11 is 2.06. The van der Waals surface area contributed by atoms with Gasteiger partial charge < -0.3 is 14.6 Å². The van der Waals surface area contributed by atoms with Gasteiger partial charge in [-0.25, -0.2) is 10.3 Å². The van der Waals surface area contributed by atoms with Crippen LogP contribution in [0.2, 0.25) is 0 Å². The maximum atomic E-state index is 12.5. The molecular formula is C20H21IN2O6. The number of anilines is 1. The molecule has 9 heteroatoms. The number of hydrogen-bond acceptors (Lipinski definition) is 6. The highest BCUT2D eigenvalue weighted by Crippen LogP contribution is 2.33. The molecule has 0 spiro atoms. The van der Waals surface area contributed by atoms with Crippen molar-refractivity contribution in [3.05, 3.63) is 69.3 Å². The molecule has 0 bridgehead atoms. The second-order valence-electron chi connectivity index (χ2n) is 6.06. The minimum Gasteiger partial charge on any atom is -0.508 e. The van der Waals surface area contributed by atoms with Gasteiger partial charge in [0.1, 0.15) is 11.9 Å². The van der Waals surface area contributed by atoms with Crippen molar-refractivity contribution in [1.82, 2.24) is 5.48 Å². The molecule has 0 aromatic heterocycles. The van der Waals surface area contributed by atoms with Crippen LogP contribution >= 0.6 is 22.6 Å². The number of nitrogens with one attached hydrogen (secondary N) is 2. The van der Waals surface area contributed by atoms with E-state index in [-0.39, 0.29) is 5.75 Å². The molecule has 0 aliphatic rings. The zero-order valence-corrected chi connectivity index (χ0v) is 17.9. The largest absolute Gasteiger partial charge is 0.508 e. The number of phenols is 1. The molecule has 4 N–H and O–H groups in total. The van der Waals surface area contributed by atoms with E-state index in [1.54, 1.807) is 24.3 Å². The molecule has 0 fully saturated rings. The number of amides is 2. The molecule has 0 aliphatic heterocycles. The average molecular weight is 512 g/mol. The van der Waals surface area contributed by atoms with Gasteiger partial charge in [-0.1, -0.05) is 17.7 Å². The first-order chi connectivity index (χ1) is 13.8. The highest BCUT2D eigenvalue weighted by Gasteiger charge is 2.28. The zero-order chi connectivity index (χ0) is 21.4. The van der Waals surface area contributed by atoms with Gasteiger partial charge in [-0.3, -0.25) is 15.3 Å². The first kappa shape index (κ1) is 22.7. The highest BCUT2D eigenvalue weighted by atomic mass is 127. The van der Waals surface area contributed by atoms with E-state index in [1.165, 1.54) is 24.7 Å². The Labute approximate surface area is 181 Å². The number of carbonyl (C=O) groups excluding carboxylic acids is 2. The maximum Gasteiger partial charge on any atom is 0.412 e. The predicted molar refractivity (Wildman–Crippen MR) is 115 cm³/mol. The van der Waals surface area contributed by atoms with Crippen LogP contribution in [0.25, 0.3) is 0 Å². The molecule has 0 radical (unpaired) electrons. The van der Waals surface area contributed by atoms with E-state index in [2.05, 4.69) is 27.9 Å². The lowest BCUT2D eigenvalue weighted by molar-refractivity contribution is -0.124. The van der Waals surface area contributed by atoms with Crippen molar-refractivity contribution >= 4 is 40.3 Å². The van der Waals surface area contributed by atoms with E-state index in [0.29, 0.717) is 11.3 Å². The Morgan fingerprint density at radius 1 is 1.17 bits per heavy atom. The summed E-state index contributed by atoms with van der Waals surface area (Å²) in [4.78, 5) is 23.8. The van der Waals surface area contributed by atoms with Gasteiger partial charge in [-0.05, 0) is 65.9 Å². The van der Waals surface area contributed by atoms with Crippen LogP contribution in [0.1, 0.15) is 17.2 Å². The summed E-state index contributed by atoms with van der Waals surface area (Å²) in [6, 6.07) is 12.0. The first-order valence-electron chi connectivity index (χ1n) is 8.51. The van der Waals surface area contributed by atoms with Crippen LogP contribution in [-0.2, 0) is 14.3 Å². The number of carbonyl (C=O) groups is 2. The number of methoxy groups -OCH3 is 1. The van der Waals surface area contributed by atoms with Crippen LogP contribution < -0.4 is 10.8 Å². The molecule has 154 valence electrons. The van der Waals surface area contributed by atoms with Gasteiger partial charge >= 0.3 is 6.09 Å². The van der Waals surface area contributed by atoms with Gasteiger partial charge in [0.15, 0.2) is 6.10 Å². The summed E-state index contributed by atoms with van der Waals surface area (Å²) < 4.78 is 11.7. The molecule has 0 saturated heterocycles. The first-order valence-corrected chi connectivity index (χ1v) is 9.59. The summed E-state index contributed by atoms with van der Waals surface area (Å²) in [5, 5.41) is 21.6. The van der Waals surface area contributed by atoms with Gasteiger partial charge in [0.05, 0.1) is 0 Å². The molecule has 0 aliphatic carbocycles. The second kappa shape index (κ2) is 10.8. The van der Waals surface area contributed by atoms with E-state index in [1.807, 2.05) is 19.1 Å². The smallest absolute Gasteiger partial charge is 0.412 e. The fourth-order valence-corrected chi connectivity index (χ4v) is 3.00. The lowest BCUT2D eigenvalue weighted by Crippen LogP contribution is -2.27. The molecule has 2 atom stereocenters. The molecule has 2 aromatic rings. The number of benzene rings is 2. The topological polar surface area (TPSA) is 117 Å². The van der Waals surface area contributed by atoms with Crippen LogP contribution in [-0.4, -0.2) is 35.5 Å². The summed E-state index contributed by atoms with van der Waals surface area (Å²) in [5.74, 6) is -0.873. The second-order valence-corrected chi connectivity index (χ2v) is 7.30. The number of rotatable bonds is 7. The van der Waals surface area contributed by atoms with Crippen LogP contribution in [0.5, 0.6) is 5.75 Å². The molecule has 2 aromatic carbocycles. The summed E-state index contributed by atoms with van der Waals surface area (Å²) in [6.07, 6.45) is -0.399. The van der Waals surface area contributed by atoms with Crippen LogP contribution in [0.4, 0.5) is 10.5 Å². The van der Waals surface area contributed by atoms with Crippen molar-refractivity contribution in [2.24, 2.45) is 0 Å². The Kier molecular flexibility index (Phi) is 8.43. The van der Waals surface area contributed by atoms with Crippen molar-refractivity contribution in [3.8, 4) is 5.75 Å². The minimum absolute atomic E-state index is 0.0967. The fraction of sp³-hybridized carbons (Fsp3) is 0.200. The third-order valence-electron chi connectivity index (χ3n) is 3.95. The van der Waals surface area contributed by atoms with E-state index < -0.39 is 24.2 Å². The van der Waals surface area contributed by atoms with Gasteiger partial charge in [-0.15, -0.1) is 0 Å². The highest BCUT2D eigenvalue weighted by molar-refractivity contribution is 14.1. The minimum atomic E-state index is -1.07. The average Bonchev–Trinajstić information content (AvgIpc) is 2.70. The monoisotopic (exact) mass is 512 g/mol. The van der Waals surface area contributed by atoms with Crippen molar-refractivity contribution < 1.29 is 29.4 Å².